The van der Waals surface area contributed by atoms with Gasteiger partial charge in [0, 0.05) is 14.2 Å². The zero-order chi connectivity index (χ0) is 7.56. The standard InChI is InChI=1S/C7H15NO2/c1-8-4-6(9-2)7(5-8)10-3/h6-8H,1,4-5H2,2-3H3/t6-,7-/m0/s1. The average Bonchev–Trinajstić information content (AvgIpc) is 2.30. The van der Waals surface area contributed by atoms with Gasteiger partial charge in [0.25, 0.3) is 0 Å². The van der Waals surface area contributed by atoms with Gasteiger partial charge in [0.1, 0.15) is 12.2 Å². The molecule has 2 atom stereocenters. The molecule has 0 aromatic rings. The molecule has 0 unspecified atom stereocenters. The van der Waals surface area contributed by atoms with Crippen LogP contribution in [0.1, 0.15) is 0 Å². The lowest BCUT2D eigenvalue weighted by atomic mass is 10.3. The number of hydrogen-bond acceptors (Lipinski definition) is 2. The van der Waals surface area contributed by atoms with E-state index in [0.717, 1.165) is 13.1 Å². The van der Waals surface area contributed by atoms with E-state index in [1.54, 1.807) is 14.2 Å². The molecular formula is C7H15NO2. The third kappa shape index (κ3) is 1.48. The summed E-state index contributed by atoms with van der Waals surface area (Å²) >= 11 is 0. The Morgan fingerprint density at radius 1 is 1.20 bits per heavy atom. The van der Waals surface area contributed by atoms with Gasteiger partial charge in [0.2, 0.25) is 0 Å². The average molecular weight is 145 g/mol. The van der Waals surface area contributed by atoms with Crippen molar-refractivity contribution in [1.29, 1.82) is 0 Å². The zero-order valence-corrected chi connectivity index (χ0v) is 6.59. The van der Waals surface area contributed by atoms with Gasteiger partial charge in [-0.05, 0) is 0 Å². The van der Waals surface area contributed by atoms with Crippen molar-refractivity contribution in [3.8, 4) is 0 Å². The van der Waals surface area contributed by atoms with Crippen molar-refractivity contribution in [1.82, 2.24) is 0 Å². The van der Waals surface area contributed by atoms with E-state index >= 15 is 0 Å². The lowest BCUT2D eigenvalue weighted by molar-refractivity contribution is -0.842. The van der Waals surface area contributed by atoms with Crippen LogP contribution in [-0.2, 0) is 9.47 Å². The number of hydrogen-bond donors (Lipinski definition) is 1. The smallest absolute Gasteiger partial charge is 0.135 e. The van der Waals surface area contributed by atoms with E-state index in [4.69, 9.17) is 9.47 Å². The molecular weight excluding hydrogens is 130 g/mol. The van der Waals surface area contributed by atoms with Crippen LogP contribution >= 0.6 is 0 Å². The Kier molecular flexibility index (Phi) is 2.65. The van der Waals surface area contributed by atoms with E-state index in [-0.39, 0.29) is 12.2 Å². The predicted molar refractivity (Wildman–Crippen MR) is 37.6 cm³/mol. The summed E-state index contributed by atoms with van der Waals surface area (Å²) in [5.74, 6) is 0. The molecule has 1 saturated heterocycles. The van der Waals surface area contributed by atoms with E-state index in [1.165, 1.54) is 4.90 Å². The molecule has 1 fully saturated rings. The minimum absolute atomic E-state index is 0.234. The Labute approximate surface area is 61.9 Å². The van der Waals surface area contributed by atoms with Crippen LogP contribution in [0, 0.1) is 7.05 Å². The topological polar surface area (TPSA) is 22.9 Å². The van der Waals surface area contributed by atoms with Crippen molar-refractivity contribution < 1.29 is 14.4 Å². The molecule has 0 radical (unpaired) electrons. The van der Waals surface area contributed by atoms with Crippen LogP contribution in [-0.4, -0.2) is 39.5 Å². The summed E-state index contributed by atoms with van der Waals surface area (Å²) in [5.41, 5.74) is 0. The molecule has 0 aliphatic carbocycles. The first-order valence-corrected chi connectivity index (χ1v) is 3.50. The maximum absolute atomic E-state index is 5.20. The van der Waals surface area contributed by atoms with Crippen LogP contribution in [0.15, 0.2) is 0 Å². The van der Waals surface area contributed by atoms with Gasteiger partial charge in [0.15, 0.2) is 0 Å². The third-order valence-electron chi connectivity index (χ3n) is 2.00. The van der Waals surface area contributed by atoms with Crippen LogP contribution in [0.5, 0.6) is 0 Å². The molecule has 1 aliphatic heterocycles. The fraction of sp³-hybridized carbons (Fsp3) is 0.857. The minimum Gasteiger partial charge on any atom is -0.463 e. The number of likely N-dealkylation sites (tertiary alicyclic amines) is 1. The molecule has 0 amide bonds. The van der Waals surface area contributed by atoms with Crippen LogP contribution < -0.4 is 4.90 Å². The molecule has 0 bridgehead atoms. The lowest BCUT2D eigenvalue weighted by Crippen LogP contribution is -3.05. The molecule has 10 heavy (non-hydrogen) atoms. The molecule has 0 saturated carbocycles. The number of quaternary nitrogens is 1. The number of methoxy groups -OCH3 is 2. The van der Waals surface area contributed by atoms with Crippen LogP contribution in [0.4, 0.5) is 0 Å². The van der Waals surface area contributed by atoms with Crippen molar-refractivity contribution in [3.63, 3.8) is 0 Å². The van der Waals surface area contributed by atoms with Crippen molar-refractivity contribution >= 4 is 0 Å². The number of ether oxygens (including phenoxy) is 2. The molecule has 0 aromatic carbocycles. The van der Waals surface area contributed by atoms with Crippen molar-refractivity contribution in [2.75, 3.05) is 27.3 Å². The van der Waals surface area contributed by atoms with Gasteiger partial charge in [-0.3, -0.25) is 0 Å². The highest BCUT2D eigenvalue weighted by Crippen LogP contribution is 2.02. The Morgan fingerprint density at radius 2 is 1.60 bits per heavy atom. The highest BCUT2D eigenvalue weighted by molar-refractivity contribution is 4.73. The van der Waals surface area contributed by atoms with Crippen LogP contribution in [0.2, 0.25) is 0 Å². The zero-order valence-electron chi connectivity index (χ0n) is 6.59. The molecule has 3 nitrogen and oxygen atoms in total. The van der Waals surface area contributed by atoms with E-state index in [2.05, 4.69) is 7.05 Å². The first kappa shape index (κ1) is 7.98. The van der Waals surface area contributed by atoms with Gasteiger partial charge in [-0.2, -0.15) is 7.05 Å². The molecule has 1 aliphatic rings. The van der Waals surface area contributed by atoms with Crippen molar-refractivity contribution in [2.24, 2.45) is 0 Å². The number of nitrogens with one attached hydrogen (secondary N) is 1. The lowest BCUT2D eigenvalue weighted by Gasteiger charge is -2.11. The summed E-state index contributed by atoms with van der Waals surface area (Å²) in [4.78, 5) is 1.23. The fourth-order valence-corrected chi connectivity index (χ4v) is 1.39. The normalized spacial score (nSPS) is 35.1. The molecule has 60 valence electrons. The number of rotatable bonds is 2. The van der Waals surface area contributed by atoms with Gasteiger partial charge in [-0.25, -0.2) is 0 Å². The van der Waals surface area contributed by atoms with E-state index < -0.39 is 0 Å². The largest absolute Gasteiger partial charge is 0.463 e. The summed E-state index contributed by atoms with van der Waals surface area (Å²) in [6.07, 6.45) is 0.468. The first-order chi connectivity index (χ1) is 4.77. The van der Waals surface area contributed by atoms with E-state index in [1.807, 2.05) is 0 Å². The molecule has 0 aromatic heterocycles. The van der Waals surface area contributed by atoms with E-state index in [9.17, 15) is 0 Å². The minimum atomic E-state index is 0.234. The van der Waals surface area contributed by atoms with Crippen molar-refractivity contribution in [2.45, 2.75) is 12.2 Å². The van der Waals surface area contributed by atoms with Gasteiger partial charge in [0.05, 0.1) is 13.1 Å². The fourth-order valence-electron chi connectivity index (χ4n) is 1.39. The second-order valence-corrected chi connectivity index (χ2v) is 2.71. The summed E-state index contributed by atoms with van der Waals surface area (Å²) in [5, 5.41) is 0. The maximum Gasteiger partial charge on any atom is 0.135 e. The first-order valence-electron chi connectivity index (χ1n) is 3.50. The Morgan fingerprint density at radius 3 is 1.90 bits per heavy atom. The highest BCUT2D eigenvalue weighted by Gasteiger charge is 2.31. The van der Waals surface area contributed by atoms with Gasteiger partial charge >= 0.3 is 0 Å². The monoisotopic (exact) mass is 145 g/mol. The van der Waals surface area contributed by atoms with E-state index in [0.29, 0.717) is 0 Å². The van der Waals surface area contributed by atoms with Crippen molar-refractivity contribution in [3.05, 3.63) is 7.05 Å². The Balaban J connectivity index is 2.41. The predicted octanol–water partition coefficient (Wildman–Crippen LogP) is -1.29. The van der Waals surface area contributed by atoms with Crippen LogP contribution in [0.25, 0.3) is 0 Å². The third-order valence-corrected chi connectivity index (χ3v) is 2.00. The van der Waals surface area contributed by atoms with Gasteiger partial charge < -0.3 is 14.4 Å². The SMILES string of the molecule is [CH2-][NH+]1C[C@H](OC)[C@@H](OC)C1. The Bertz CT molecular complexity index is 95.8. The summed E-state index contributed by atoms with van der Waals surface area (Å²) in [7, 11) is 7.33. The quantitative estimate of drug-likeness (QED) is 0.488. The second kappa shape index (κ2) is 3.32. The molecule has 1 N–H and O–H groups in total. The van der Waals surface area contributed by atoms with Crippen LogP contribution in [0.3, 0.4) is 0 Å². The molecule has 0 spiro atoms. The van der Waals surface area contributed by atoms with Gasteiger partial charge in [-0.1, -0.05) is 0 Å². The molecule has 1 heterocycles. The summed E-state index contributed by atoms with van der Waals surface area (Å²) < 4.78 is 10.4. The molecule has 1 rings (SSSR count). The Hall–Kier alpha value is -0.120. The maximum atomic E-state index is 5.20. The summed E-state index contributed by atoms with van der Waals surface area (Å²) in [6.45, 7) is 1.91. The second-order valence-electron chi connectivity index (χ2n) is 2.71. The highest BCUT2D eigenvalue weighted by atomic mass is 16.5. The summed E-state index contributed by atoms with van der Waals surface area (Å²) in [6, 6.07) is 0. The van der Waals surface area contributed by atoms with Gasteiger partial charge in [-0.15, -0.1) is 0 Å². The molecule has 3 heteroatoms.